The molecule has 34 heavy (non-hydrogen) atoms. The van der Waals surface area contributed by atoms with Gasteiger partial charge < -0.3 is 19.9 Å². The molecule has 1 heterocycles. The molecule has 0 atom stereocenters. The number of ether oxygens (including phenoxy) is 1. The molecule has 184 valence electrons. The third kappa shape index (κ3) is 5.71. The number of nitrogens with one attached hydrogen (secondary N) is 2. The van der Waals surface area contributed by atoms with E-state index < -0.39 is 10.0 Å². The van der Waals surface area contributed by atoms with Gasteiger partial charge in [0.15, 0.2) is 0 Å². The fourth-order valence-electron chi connectivity index (χ4n) is 4.64. The monoisotopic (exact) mass is 486 g/mol. The first-order chi connectivity index (χ1) is 16.4. The number of benzene rings is 2. The number of nitrogens with zero attached hydrogens (tertiary/aromatic N) is 2. The highest BCUT2D eigenvalue weighted by atomic mass is 32.2. The normalized spacial score (nSPS) is 17.6. The predicted molar refractivity (Wildman–Crippen MR) is 134 cm³/mol. The molecule has 0 bridgehead atoms. The lowest BCUT2D eigenvalue weighted by atomic mass is 10.2. The summed E-state index contributed by atoms with van der Waals surface area (Å²) < 4.78 is 34.0. The average molecular weight is 487 g/mol. The second-order valence-electron chi connectivity index (χ2n) is 8.89. The maximum absolute atomic E-state index is 13.0. The van der Waals surface area contributed by atoms with Crippen molar-refractivity contribution in [3.63, 3.8) is 0 Å². The summed E-state index contributed by atoms with van der Waals surface area (Å²) in [6, 6.07) is 12.2. The SMILES string of the molecule is CCN1CCN(c2ccc(NC(=O)c3ccc(OC)c(S(=O)(=O)NC4CCCC4)c3)cc2)CC1. The van der Waals surface area contributed by atoms with E-state index in [2.05, 4.69) is 26.8 Å². The molecular weight excluding hydrogens is 452 g/mol. The third-order valence-electron chi connectivity index (χ3n) is 6.70. The van der Waals surface area contributed by atoms with Crippen molar-refractivity contribution in [2.45, 2.75) is 43.5 Å². The number of rotatable bonds is 8. The molecule has 0 radical (unpaired) electrons. The van der Waals surface area contributed by atoms with Crippen LogP contribution < -0.4 is 19.7 Å². The second-order valence-corrected chi connectivity index (χ2v) is 10.6. The Kier molecular flexibility index (Phi) is 7.75. The molecule has 4 rings (SSSR count). The number of hydrogen-bond acceptors (Lipinski definition) is 6. The van der Waals surface area contributed by atoms with Crippen molar-refractivity contribution in [3.8, 4) is 5.75 Å². The minimum absolute atomic E-state index is 0.0175. The maximum Gasteiger partial charge on any atom is 0.255 e. The topological polar surface area (TPSA) is 91.0 Å². The number of methoxy groups -OCH3 is 1. The van der Waals surface area contributed by atoms with E-state index >= 15 is 0 Å². The van der Waals surface area contributed by atoms with E-state index in [1.807, 2.05) is 24.3 Å². The summed E-state index contributed by atoms with van der Waals surface area (Å²) in [5.41, 5.74) is 2.04. The third-order valence-corrected chi connectivity index (χ3v) is 8.24. The van der Waals surface area contributed by atoms with Crippen molar-refractivity contribution in [2.24, 2.45) is 0 Å². The Morgan fingerprint density at radius 1 is 1.03 bits per heavy atom. The molecule has 2 fully saturated rings. The van der Waals surface area contributed by atoms with Gasteiger partial charge in [-0.2, -0.15) is 0 Å². The highest BCUT2D eigenvalue weighted by Gasteiger charge is 2.26. The molecule has 1 saturated carbocycles. The van der Waals surface area contributed by atoms with Gasteiger partial charge >= 0.3 is 0 Å². The summed E-state index contributed by atoms with van der Waals surface area (Å²) in [5.74, 6) is -0.154. The first kappa shape index (κ1) is 24.5. The van der Waals surface area contributed by atoms with Gasteiger partial charge in [-0.15, -0.1) is 0 Å². The van der Waals surface area contributed by atoms with Gasteiger partial charge in [0.1, 0.15) is 10.6 Å². The van der Waals surface area contributed by atoms with Crippen LogP contribution in [0.25, 0.3) is 0 Å². The Hall–Kier alpha value is -2.62. The zero-order valence-electron chi connectivity index (χ0n) is 19.9. The molecule has 2 aliphatic rings. The number of carbonyl (C=O) groups is 1. The number of sulfonamides is 1. The van der Waals surface area contributed by atoms with E-state index in [1.165, 1.54) is 19.2 Å². The molecule has 2 aromatic rings. The number of anilines is 2. The van der Waals surface area contributed by atoms with Crippen LogP contribution in [0.5, 0.6) is 5.75 Å². The number of likely N-dealkylation sites (N-methyl/N-ethyl adjacent to an activating group) is 1. The Morgan fingerprint density at radius 2 is 1.71 bits per heavy atom. The zero-order chi connectivity index (χ0) is 24.1. The number of hydrogen-bond donors (Lipinski definition) is 2. The lowest BCUT2D eigenvalue weighted by Crippen LogP contribution is -2.46. The van der Waals surface area contributed by atoms with Crippen molar-refractivity contribution in [3.05, 3.63) is 48.0 Å². The number of amides is 1. The van der Waals surface area contributed by atoms with Crippen LogP contribution in [-0.2, 0) is 10.0 Å². The first-order valence-electron chi connectivity index (χ1n) is 12.0. The molecule has 0 aromatic heterocycles. The van der Waals surface area contributed by atoms with Crippen LogP contribution in [0.4, 0.5) is 11.4 Å². The Labute approximate surface area is 202 Å². The molecule has 2 aromatic carbocycles. The highest BCUT2D eigenvalue weighted by Crippen LogP contribution is 2.28. The van der Waals surface area contributed by atoms with Crippen LogP contribution in [0.1, 0.15) is 43.0 Å². The maximum atomic E-state index is 13.0. The van der Waals surface area contributed by atoms with Crippen LogP contribution in [0.3, 0.4) is 0 Å². The molecule has 1 saturated heterocycles. The molecule has 0 unspecified atom stereocenters. The Morgan fingerprint density at radius 3 is 2.32 bits per heavy atom. The standard InChI is InChI=1S/C25H34N4O4S/c1-3-28-14-16-29(17-15-28)22-11-9-20(10-12-22)26-25(30)19-8-13-23(33-2)24(18-19)34(31,32)27-21-6-4-5-7-21/h8-13,18,21,27H,3-7,14-17H2,1-2H3,(H,26,30). The quantitative estimate of drug-likeness (QED) is 0.595. The smallest absolute Gasteiger partial charge is 0.255 e. The van der Waals surface area contributed by atoms with Crippen molar-refractivity contribution in [1.29, 1.82) is 0 Å². The predicted octanol–water partition coefficient (Wildman–Crippen LogP) is 3.31. The summed E-state index contributed by atoms with van der Waals surface area (Å²) in [5, 5.41) is 2.87. The van der Waals surface area contributed by atoms with E-state index in [-0.39, 0.29) is 28.2 Å². The molecule has 9 heteroatoms. The summed E-state index contributed by atoms with van der Waals surface area (Å²) in [4.78, 5) is 17.7. The fourth-order valence-corrected chi connectivity index (χ4v) is 6.14. The molecule has 1 aliphatic carbocycles. The minimum atomic E-state index is -3.80. The Bertz CT molecular complexity index is 1090. The van der Waals surface area contributed by atoms with Gasteiger partial charge in [0.05, 0.1) is 7.11 Å². The van der Waals surface area contributed by atoms with Gasteiger partial charge in [-0.1, -0.05) is 19.8 Å². The fraction of sp³-hybridized carbons (Fsp3) is 0.480. The van der Waals surface area contributed by atoms with E-state index in [9.17, 15) is 13.2 Å². The summed E-state index contributed by atoms with van der Waals surface area (Å²) in [6.07, 6.45) is 3.68. The summed E-state index contributed by atoms with van der Waals surface area (Å²) in [6.45, 7) is 7.32. The van der Waals surface area contributed by atoms with Gasteiger partial charge in [-0.25, -0.2) is 13.1 Å². The average Bonchev–Trinajstić information content (AvgIpc) is 3.36. The van der Waals surface area contributed by atoms with Crippen LogP contribution in [0, 0.1) is 0 Å². The highest BCUT2D eigenvalue weighted by molar-refractivity contribution is 7.89. The van der Waals surface area contributed by atoms with Crippen LogP contribution in [0.15, 0.2) is 47.4 Å². The lowest BCUT2D eigenvalue weighted by Gasteiger charge is -2.35. The van der Waals surface area contributed by atoms with Gasteiger partial charge in [0.2, 0.25) is 10.0 Å². The van der Waals surface area contributed by atoms with Gasteiger partial charge in [-0.3, -0.25) is 4.79 Å². The number of carbonyl (C=O) groups excluding carboxylic acids is 1. The number of piperazine rings is 1. The molecule has 8 nitrogen and oxygen atoms in total. The van der Waals surface area contributed by atoms with Gasteiger partial charge in [0.25, 0.3) is 5.91 Å². The molecular formula is C25H34N4O4S. The van der Waals surface area contributed by atoms with E-state index in [4.69, 9.17) is 4.74 Å². The summed E-state index contributed by atoms with van der Waals surface area (Å²) >= 11 is 0. The van der Waals surface area contributed by atoms with E-state index in [0.717, 1.165) is 64.1 Å². The molecule has 0 spiro atoms. The second kappa shape index (κ2) is 10.8. The van der Waals surface area contributed by atoms with Crippen LogP contribution in [-0.4, -0.2) is 65.1 Å². The van der Waals surface area contributed by atoms with Gasteiger partial charge in [0, 0.05) is 49.2 Å². The summed E-state index contributed by atoms with van der Waals surface area (Å²) in [7, 11) is -2.38. The zero-order valence-corrected chi connectivity index (χ0v) is 20.7. The van der Waals surface area contributed by atoms with E-state index in [1.54, 1.807) is 6.07 Å². The van der Waals surface area contributed by atoms with Crippen LogP contribution >= 0.6 is 0 Å². The Balaban J connectivity index is 1.45. The first-order valence-corrected chi connectivity index (χ1v) is 13.5. The molecule has 1 aliphatic heterocycles. The van der Waals surface area contributed by atoms with Crippen LogP contribution in [0.2, 0.25) is 0 Å². The van der Waals surface area contributed by atoms with Crippen molar-refractivity contribution in [2.75, 3.05) is 50.1 Å². The van der Waals surface area contributed by atoms with E-state index in [0.29, 0.717) is 5.69 Å². The lowest BCUT2D eigenvalue weighted by molar-refractivity contribution is 0.102. The molecule has 1 amide bonds. The van der Waals surface area contributed by atoms with Gasteiger partial charge in [-0.05, 0) is 61.9 Å². The minimum Gasteiger partial charge on any atom is -0.495 e. The van der Waals surface area contributed by atoms with Crippen molar-refractivity contribution < 1.29 is 17.9 Å². The largest absolute Gasteiger partial charge is 0.495 e. The van der Waals surface area contributed by atoms with Crippen molar-refractivity contribution >= 4 is 27.3 Å². The van der Waals surface area contributed by atoms with Crippen molar-refractivity contribution in [1.82, 2.24) is 9.62 Å². The molecule has 2 N–H and O–H groups in total.